The molecule has 0 aliphatic heterocycles. The molecular formula is C45H44N3O11Y-. The normalized spacial score (nSPS) is 10.7. The number of Topliss-reactive ketones (excluding diaryl/α,β-unsaturated/α-hetero) is 2. The molecule has 0 aliphatic carbocycles. The van der Waals surface area contributed by atoms with Gasteiger partial charge in [-0.2, -0.15) is 6.92 Å². The molecular weight excluding hydrogens is 847 g/mol. The third-order valence-electron chi connectivity index (χ3n) is 8.94. The summed E-state index contributed by atoms with van der Waals surface area (Å²) in [4.78, 5) is 76.3. The van der Waals surface area contributed by atoms with Gasteiger partial charge in [-0.25, -0.2) is 4.79 Å². The van der Waals surface area contributed by atoms with E-state index in [1.54, 1.807) is 61.9 Å². The quantitative estimate of drug-likeness (QED) is 0.0415. The summed E-state index contributed by atoms with van der Waals surface area (Å²) >= 11 is 0. The van der Waals surface area contributed by atoms with Crippen LogP contribution >= 0.6 is 0 Å². The van der Waals surface area contributed by atoms with E-state index in [0.29, 0.717) is 16.8 Å². The Hall–Kier alpha value is -6.38. The average Bonchev–Trinajstić information content (AvgIpc) is 3.24. The zero-order chi connectivity index (χ0) is 43.2. The van der Waals surface area contributed by atoms with Gasteiger partial charge in [0.15, 0.2) is 40.5 Å². The minimum absolute atomic E-state index is 0. The first-order valence-electron chi connectivity index (χ1n) is 18.4. The van der Waals surface area contributed by atoms with Crippen molar-refractivity contribution >= 4 is 52.3 Å². The molecule has 0 aromatic heterocycles. The van der Waals surface area contributed by atoms with Crippen molar-refractivity contribution in [3.8, 4) is 23.0 Å². The summed E-state index contributed by atoms with van der Waals surface area (Å²) in [5.74, 6) is -6.21. The molecule has 6 N–H and O–H groups in total. The monoisotopic (exact) mass is 891 g/mol. The van der Waals surface area contributed by atoms with Crippen LogP contribution in [0.4, 0.5) is 17.1 Å². The van der Waals surface area contributed by atoms with Crippen LogP contribution in [-0.2, 0) is 43.9 Å². The number of nitrogens with one attached hydrogen (secondary N) is 3. The zero-order valence-electron chi connectivity index (χ0n) is 33.6. The second-order valence-corrected chi connectivity index (χ2v) is 12.6. The number of carboxylic acids is 1. The number of ether oxygens (including phenoxy) is 2. The van der Waals surface area contributed by atoms with E-state index >= 15 is 0 Å². The average molecular weight is 892 g/mol. The number of rotatable bonds is 16. The van der Waals surface area contributed by atoms with Crippen molar-refractivity contribution in [1.82, 2.24) is 0 Å². The predicted octanol–water partition coefficient (Wildman–Crippen LogP) is 7.82. The van der Waals surface area contributed by atoms with Crippen LogP contribution in [-0.4, -0.2) is 64.8 Å². The number of aromatic carboxylic acids is 1. The molecule has 0 spiro atoms. The van der Waals surface area contributed by atoms with Crippen molar-refractivity contribution in [3.05, 3.63) is 143 Å². The van der Waals surface area contributed by atoms with Crippen molar-refractivity contribution in [1.29, 1.82) is 0 Å². The number of amides is 3. The number of hydrogen-bond acceptors (Lipinski definition) is 10. The number of phenols is 2. The molecule has 0 heterocycles. The molecule has 1 unspecified atom stereocenters. The van der Waals surface area contributed by atoms with Crippen LogP contribution < -0.4 is 25.4 Å². The van der Waals surface area contributed by atoms with Gasteiger partial charge in [0.1, 0.15) is 5.56 Å². The predicted molar refractivity (Wildman–Crippen MR) is 222 cm³/mol. The Morgan fingerprint density at radius 3 is 1.65 bits per heavy atom. The molecule has 5 rings (SSSR count). The van der Waals surface area contributed by atoms with Gasteiger partial charge in [-0.15, -0.1) is 0 Å². The minimum Gasteiger partial charge on any atom is -0.504 e. The molecule has 1 atom stereocenters. The van der Waals surface area contributed by atoms with Gasteiger partial charge >= 0.3 is 5.97 Å². The smallest absolute Gasteiger partial charge is 0.339 e. The molecule has 1 radical (unpaired) electrons. The third kappa shape index (κ3) is 11.9. The molecule has 15 heteroatoms. The van der Waals surface area contributed by atoms with Crippen LogP contribution in [0.15, 0.2) is 103 Å². The summed E-state index contributed by atoms with van der Waals surface area (Å²) in [5.41, 5.74) is 1.56. The fraction of sp³-hybridized carbons (Fsp3) is 0.178. The van der Waals surface area contributed by atoms with E-state index in [2.05, 4.69) is 16.0 Å². The summed E-state index contributed by atoms with van der Waals surface area (Å²) in [6.07, 6.45) is 1.73. The van der Waals surface area contributed by atoms with Gasteiger partial charge in [0, 0.05) is 61.5 Å². The van der Waals surface area contributed by atoms with Crippen LogP contribution in [0.3, 0.4) is 0 Å². The Labute approximate surface area is 372 Å². The second kappa shape index (κ2) is 22.7. The Balaban J connectivity index is 0.00000315. The molecule has 3 amide bonds. The van der Waals surface area contributed by atoms with Gasteiger partial charge in [-0.3, -0.25) is 24.0 Å². The van der Waals surface area contributed by atoms with E-state index in [1.165, 1.54) is 56.7 Å². The first kappa shape index (κ1) is 48.0. The molecule has 5 aromatic carbocycles. The van der Waals surface area contributed by atoms with Crippen LogP contribution in [0, 0.1) is 12.3 Å². The second-order valence-electron chi connectivity index (χ2n) is 12.6. The standard InChI is InChI=1S/C43H38N3O11.C2H6.Y/c1-4-25(23-35(48)27-12-10-24(11-13-27)22-34(47)26-8-6-5-7-9-26)40(51)44-29-16-14-28(15-17-29)41(52)45-32-20-18-30(36(49)38(32)56-2)42(53)46-33-21-19-31(43(54)55)37(50)39(33)57-3;1-2;/h4-21,25,49-50H,22-23H2,1-3H3,(H,44,51)(H,45,52)(H,46,53)(H,54,55);1-2H3;/q-1;;. The van der Waals surface area contributed by atoms with Crippen LogP contribution in [0.5, 0.6) is 23.0 Å². The maximum atomic E-state index is 13.2. The van der Waals surface area contributed by atoms with Crippen molar-refractivity contribution in [2.75, 3.05) is 30.2 Å². The van der Waals surface area contributed by atoms with Crippen LogP contribution in [0.2, 0.25) is 0 Å². The van der Waals surface area contributed by atoms with E-state index in [4.69, 9.17) is 9.47 Å². The molecule has 0 saturated carbocycles. The minimum atomic E-state index is -1.41. The maximum Gasteiger partial charge on any atom is 0.339 e. The number of carbonyl (C=O) groups is 6. The summed E-state index contributed by atoms with van der Waals surface area (Å²) in [6.45, 7) is 5.68. The van der Waals surface area contributed by atoms with Gasteiger partial charge in [-0.1, -0.05) is 74.4 Å². The summed E-state index contributed by atoms with van der Waals surface area (Å²) in [6, 6.07) is 26.4. The summed E-state index contributed by atoms with van der Waals surface area (Å²) in [5, 5.41) is 38.2. The number of carboxylic acid groups (broad SMARTS) is 1. The third-order valence-corrected chi connectivity index (χ3v) is 8.94. The largest absolute Gasteiger partial charge is 0.504 e. The number of aromatic hydroxyl groups is 2. The topological polar surface area (TPSA) is 218 Å². The van der Waals surface area contributed by atoms with Gasteiger partial charge in [0.25, 0.3) is 11.8 Å². The molecule has 0 bridgehead atoms. The van der Waals surface area contributed by atoms with Crippen LogP contribution in [0.1, 0.15) is 84.5 Å². The van der Waals surface area contributed by atoms with Crippen molar-refractivity contribution in [2.24, 2.45) is 5.92 Å². The summed E-state index contributed by atoms with van der Waals surface area (Å²) < 4.78 is 10.4. The first-order chi connectivity index (χ1) is 28.3. The molecule has 0 saturated heterocycles. The summed E-state index contributed by atoms with van der Waals surface area (Å²) in [7, 11) is 2.39. The Kier molecular flexibility index (Phi) is 18.1. The van der Waals surface area contributed by atoms with Gasteiger partial charge in [-0.05, 0) is 60.5 Å². The number of hydrogen-bond donors (Lipinski definition) is 6. The number of phenolic OH excluding ortho intramolecular Hbond substituents is 1. The van der Waals surface area contributed by atoms with Crippen LogP contribution in [0.25, 0.3) is 0 Å². The fourth-order valence-electron chi connectivity index (χ4n) is 5.83. The fourth-order valence-corrected chi connectivity index (χ4v) is 5.83. The zero-order valence-corrected chi connectivity index (χ0v) is 36.4. The van der Waals surface area contributed by atoms with Crippen molar-refractivity contribution in [3.63, 3.8) is 0 Å². The molecule has 14 nitrogen and oxygen atoms in total. The van der Waals surface area contributed by atoms with E-state index < -0.39 is 46.7 Å². The Bertz CT molecular complexity index is 2330. The van der Waals surface area contributed by atoms with E-state index in [-0.39, 0.29) is 91.1 Å². The molecule has 0 fully saturated rings. The van der Waals surface area contributed by atoms with Gasteiger partial charge < -0.3 is 47.2 Å². The van der Waals surface area contributed by atoms with Crippen molar-refractivity contribution < 1.29 is 86.3 Å². The van der Waals surface area contributed by atoms with Gasteiger partial charge in [0.05, 0.1) is 31.2 Å². The maximum absolute atomic E-state index is 13.2. The Morgan fingerprint density at radius 1 is 0.617 bits per heavy atom. The number of methoxy groups -OCH3 is 2. The Morgan fingerprint density at radius 2 is 1.12 bits per heavy atom. The number of benzene rings is 5. The number of ketones is 2. The molecule has 309 valence electrons. The molecule has 5 aromatic rings. The number of anilines is 3. The van der Waals surface area contributed by atoms with Gasteiger partial charge in [0.2, 0.25) is 0 Å². The van der Waals surface area contributed by atoms with Crippen molar-refractivity contribution in [2.45, 2.75) is 33.6 Å². The SMILES string of the molecule is CC.C[CH-]C(CC(=O)c1ccc(CC(=O)c2ccccc2)cc1)C(=O)Nc1ccc(C(=O)Nc2ccc(C(=O)Nc3ccc(C(=O)O)c(O)c3OC)c(O)c2OC)cc1.[Y]. The first-order valence-corrected chi connectivity index (χ1v) is 18.4. The van der Waals surface area contributed by atoms with E-state index in [0.717, 1.165) is 11.6 Å². The van der Waals surface area contributed by atoms with E-state index in [9.17, 15) is 44.1 Å². The number of carbonyl (C=O) groups excluding carboxylic acids is 5. The van der Waals surface area contributed by atoms with E-state index in [1.807, 2.05) is 19.9 Å². The molecule has 0 aliphatic rings. The molecule has 60 heavy (non-hydrogen) atoms.